The van der Waals surface area contributed by atoms with Gasteiger partial charge in [0, 0.05) is 17.1 Å². The van der Waals surface area contributed by atoms with Gasteiger partial charge in [-0.1, -0.05) is 32.9 Å². The van der Waals surface area contributed by atoms with E-state index in [0.717, 1.165) is 16.7 Å². The fourth-order valence-electron chi connectivity index (χ4n) is 3.07. The highest BCUT2D eigenvalue weighted by Crippen LogP contribution is 2.37. The second-order valence-corrected chi connectivity index (χ2v) is 9.10. The Balaban J connectivity index is 1.96. The molecule has 1 aromatic heterocycles. The Hall–Kier alpha value is -1.66. The summed E-state index contributed by atoms with van der Waals surface area (Å²) in [6, 6.07) is 6.60. The van der Waals surface area contributed by atoms with Crippen molar-refractivity contribution >= 4 is 12.6 Å². The van der Waals surface area contributed by atoms with Crippen LogP contribution in [-0.4, -0.2) is 28.1 Å². The predicted molar refractivity (Wildman–Crippen MR) is 102 cm³/mol. The molecule has 0 N–H and O–H groups in total. The average molecular weight is 358 g/mol. The molecule has 1 aliphatic rings. The fraction of sp³-hybridized carbons (Fsp3) is 0.550. The summed E-state index contributed by atoms with van der Waals surface area (Å²) < 4.78 is 27.8. The Morgan fingerprint density at radius 3 is 2.27 bits per heavy atom. The van der Waals surface area contributed by atoms with Gasteiger partial charge in [0.1, 0.15) is 5.82 Å². The molecule has 0 bridgehead atoms. The van der Waals surface area contributed by atoms with Gasteiger partial charge in [0.2, 0.25) is 0 Å². The molecule has 4 nitrogen and oxygen atoms in total. The first kappa shape index (κ1) is 19.1. The number of rotatable bonds is 3. The topological polar surface area (TPSA) is 36.3 Å². The van der Waals surface area contributed by atoms with Crippen molar-refractivity contribution in [1.82, 2.24) is 9.78 Å². The molecule has 6 heteroatoms. The van der Waals surface area contributed by atoms with Gasteiger partial charge in [0.25, 0.3) is 0 Å². The molecule has 3 rings (SSSR count). The van der Waals surface area contributed by atoms with Gasteiger partial charge in [-0.3, -0.25) is 4.68 Å². The SMILES string of the molecule is CC(C)(C)c1nn(Cc2cccc(F)c2)cc1B1OC(C)(C)C(C)(C)O1. The van der Waals surface area contributed by atoms with Crippen LogP contribution in [0.4, 0.5) is 4.39 Å². The third-order valence-electron chi connectivity index (χ3n) is 5.24. The second kappa shape index (κ2) is 6.20. The minimum Gasteiger partial charge on any atom is -0.399 e. The largest absolute Gasteiger partial charge is 0.498 e. The fourth-order valence-corrected chi connectivity index (χ4v) is 3.07. The highest BCUT2D eigenvalue weighted by atomic mass is 19.1. The molecule has 1 aliphatic heterocycles. The monoisotopic (exact) mass is 358 g/mol. The van der Waals surface area contributed by atoms with Crippen LogP contribution in [0, 0.1) is 5.82 Å². The minimum absolute atomic E-state index is 0.161. The van der Waals surface area contributed by atoms with Crippen molar-refractivity contribution in [3.05, 3.63) is 47.5 Å². The summed E-state index contributed by atoms with van der Waals surface area (Å²) in [4.78, 5) is 0. The maximum Gasteiger partial charge on any atom is 0.498 e. The number of hydrogen-bond donors (Lipinski definition) is 0. The molecule has 1 saturated heterocycles. The zero-order valence-corrected chi connectivity index (χ0v) is 16.8. The van der Waals surface area contributed by atoms with Gasteiger partial charge in [-0.15, -0.1) is 0 Å². The van der Waals surface area contributed by atoms with Gasteiger partial charge >= 0.3 is 7.12 Å². The van der Waals surface area contributed by atoms with E-state index in [1.165, 1.54) is 12.1 Å². The van der Waals surface area contributed by atoms with Gasteiger partial charge in [-0.25, -0.2) is 4.39 Å². The Morgan fingerprint density at radius 1 is 1.12 bits per heavy atom. The van der Waals surface area contributed by atoms with E-state index in [-0.39, 0.29) is 11.2 Å². The van der Waals surface area contributed by atoms with Gasteiger partial charge in [0.15, 0.2) is 0 Å². The van der Waals surface area contributed by atoms with Crippen LogP contribution in [0.25, 0.3) is 0 Å². The molecular formula is C20H28BFN2O2. The first-order chi connectivity index (χ1) is 11.9. The standard InChI is InChI=1S/C20H28BFN2O2/c1-18(2,3)17-16(21-25-19(4,5)20(6,7)26-21)13-24(23-17)12-14-9-8-10-15(22)11-14/h8-11,13H,12H2,1-7H3. The predicted octanol–water partition coefficient (Wildman–Crippen LogP) is 3.67. The Labute approximate surface area is 155 Å². The number of hydrogen-bond acceptors (Lipinski definition) is 3. The quantitative estimate of drug-likeness (QED) is 0.786. The van der Waals surface area contributed by atoms with E-state index in [9.17, 15) is 4.39 Å². The molecule has 0 spiro atoms. The minimum atomic E-state index is -0.463. The summed E-state index contributed by atoms with van der Waals surface area (Å²) in [6.07, 6.45) is 1.97. The molecule has 0 saturated carbocycles. The first-order valence-electron chi connectivity index (χ1n) is 9.07. The van der Waals surface area contributed by atoms with Crippen LogP contribution in [0.2, 0.25) is 0 Å². The first-order valence-corrected chi connectivity index (χ1v) is 9.07. The van der Waals surface area contributed by atoms with Crippen molar-refractivity contribution in [3.63, 3.8) is 0 Å². The number of aromatic nitrogens is 2. The third-order valence-corrected chi connectivity index (χ3v) is 5.24. The summed E-state index contributed by atoms with van der Waals surface area (Å²) in [6.45, 7) is 15.0. The van der Waals surface area contributed by atoms with Gasteiger partial charge in [-0.2, -0.15) is 5.10 Å². The lowest BCUT2D eigenvalue weighted by Gasteiger charge is -2.32. The molecule has 2 heterocycles. The zero-order valence-electron chi connectivity index (χ0n) is 16.8. The van der Waals surface area contributed by atoms with Crippen LogP contribution in [0.3, 0.4) is 0 Å². The van der Waals surface area contributed by atoms with Crippen LogP contribution >= 0.6 is 0 Å². The summed E-state index contributed by atoms with van der Waals surface area (Å²) in [5.41, 5.74) is 1.77. The third kappa shape index (κ3) is 3.58. The van der Waals surface area contributed by atoms with E-state index in [2.05, 4.69) is 20.8 Å². The van der Waals surface area contributed by atoms with Crippen molar-refractivity contribution < 1.29 is 13.7 Å². The summed E-state index contributed by atoms with van der Waals surface area (Å²) in [5.74, 6) is -0.239. The second-order valence-electron chi connectivity index (χ2n) is 9.10. The van der Waals surface area contributed by atoms with E-state index in [1.807, 2.05) is 44.6 Å². The van der Waals surface area contributed by atoms with Crippen LogP contribution in [0.15, 0.2) is 30.5 Å². The van der Waals surface area contributed by atoms with Crippen LogP contribution in [0.1, 0.15) is 59.7 Å². The highest BCUT2D eigenvalue weighted by molar-refractivity contribution is 6.62. The molecule has 0 amide bonds. The molecule has 1 aromatic carbocycles. The van der Waals surface area contributed by atoms with E-state index >= 15 is 0 Å². The molecular weight excluding hydrogens is 330 g/mol. The van der Waals surface area contributed by atoms with E-state index < -0.39 is 18.3 Å². The summed E-state index contributed by atoms with van der Waals surface area (Å²) in [7, 11) is -0.463. The smallest absolute Gasteiger partial charge is 0.399 e. The lowest BCUT2D eigenvalue weighted by atomic mass is 9.73. The van der Waals surface area contributed by atoms with Crippen LogP contribution in [0.5, 0.6) is 0 Å². The maximum atomic E-state index is 13.5. The van der Waals surface area contributed by atoms with E-state index in [4.69, 9.17) is 14.4 Å². The Bertz CT molecular complexity index is 792. The molecule has 0 unspecified atom stereocenters. The molecule has 26 heavy (non-hydrogen) atoms. The molecule has 1 fully saturated rings. The van der Waals surface area contributed by atoms with E-state index in [0.29, 0.717) is 6.54 Å². The van der Waals surface area contributed by atoms with Crippen molar-refractivity contribution in [3.8, 4) is 0 Å². The zero-order chi connectivity index (χ0) is 19.3. The summed E-state index contributed by atoms with van der Waals surface area (Å²) >= 11 is 0. The maximum absolute atomic E-state index is 13.5. The van der Waals surface area contributed by atoms with Crippen molar-refractivity contribution in [2.75, 3.05) is 0 Å². The molecule has 0 radical (unpaired) electrons. The number of nitrogens with zero attached hydrogens (tertiary/aromatic N) is 2. The molecule has 140 valence electrons. The Kier molecular flexibility index (Phi) is 4.56. The molecule has 0 atom stereocenters. The van der Waals surface area contributed by atoms with Gasteiger partial charge in [-0.05, 0) is 45.4 Å². The van der Waals surface area contributed by atoms with Crippen molar-refractivity contribution in [1.29, 1.82) is 0 Å². The van der Waals surface area contributed by atoms with Crippen molar-refractivity contribution in [2.45, 2.75) is 71.6 Å². The van der Waals surface area contributed by atoms with Gasteiger partial charge < -0.3 is 9.31 Å². The van der Waals surface area contributed by atoms with Crippen LogP contribution in [-0.2, 0) is 21.3 Å². The Morgan fingerprint density at radius 2 is 1.73 bits per heavy atom. The lowest BCUT2D eigenvalue weighted by molar-refractivity contribution is 0.00578. The molecule has 0 aliphatic carbocycles. The van der Waals surface area contributed by atoms with Crippen LogP contribution < -0.4 is 5.46 Å². The highest BCUT2D eigenvalue weighted by Gasteiger charge is 2.53. The molecule has 2 aromatic rings. The van der Waals surface area contributed by atoms with E-state index in [1.54, 1.807) is 6.07 Å². The summed E-state index contributed by atoms with van der Waals surface area (Å²) in [5, 5.41) is 4.78. The lowest BCUT2D eigenvalue weighted by Crippen LogP contribution is -2.41. The number of benzene rings is 1. The number of halogens is 1. The van der Waals surface area contributed by atoms with Crippen molar-refractivity contribution in [2.24, 2.45) is 0 Å². The van der Waals surface area contributed by atoms with Gasteiger partial charge in [0.05, 0.1) is 23.4 Å². The average Bonchev–Trinajstić information content (AvgIpc) is 2.98. The normalized spacial score (nSPS) is 19.2.